The Bertz CT molecular complexity index is 580. The highest BCUT2D eigenvalue weighted by molar-refractivity contribution is 7.89. The smallest absolute Gasteiger partial charge is 0.241 e. The van der Waals surface area contributed by atoms with Gasteiger partial charge in [0.25, 0.3) is 0 Å². The zero-order valence-corrected chi connectivity index (χ0v) is 14.5. The van der Waals surface area contributed by atoms with Crippen molar-refractivity contribution in [2.75, 3.05) is 5.73 Å². The van der Waals surface area contributed by atoms with Crippen molar-refractivity contribution in [3.8, 4) is 0 Å². The molecule has 120 valence electrons. The molecule has 1 aromatic rings. The van der Waals surface area contributed by atoms with Gasteiger partial charge in [-0.15, -0.1) is 0 Å². The van der Waals surface area contributed by atoms with Crippen LogP contribution in [-0.2, 0) is 10.0 Å². The van der Waals surface area contributed by atoms with Gasteiger partial charge in [-0.3, -0.25) is 0 Å². The van der Waals surface area contributed by atoms with Crippen molar-refractivity contribution in [1.82, 2.24) is 4.72 Å². The molecule has 0 saturated carbocycles. The lowest BCUT2D eigenvalue weighted by Crippen LogP contribution is -2.33. The molecule has 0 amide bonds. The van der Waals surface area contributed by atoms with Crippen molar-refractivity contribution in [3.05, 3.63) is 23.3 Å². The second-order valence-electron chi connectivity index (χ2n) is 6.27. The number of hydrogen-bond acceptors (Lipinski definition) is 3. The molecule has 0 bridgehead atoms. The van der Waals surface area contributed by atoms with Crippen LogP contribution in [0.25, 0.3) is 0 Å². The molecule has 0 aliphatic heterocycles. The number of rotatable bonds is 7. The van der Waals surface area contributed by atoms with E-state index in [9.17, 15) is 8.42 Å². The molecule has 0 aliphatic rings. The number of hydrogen-bond donors (Lipinski definition) is 2. The molecule has 0 heterocycles. The third kappa shape index (κ3) is 5.00. The minimum Gasteiger partial charge on any atom is -0.398 e. The predicted octanol–water partition coefficient (Wildman–Crippen LogP) is 3.38. The monoisotopic (exact) mass is 312 g/mol. The van der Waals surface area contributed by atoms with Gasteiger partial charge in [-0.2, -0.15) is 0 Å². The number of sulfonamides is 1. The van der Waals surface area contributed by atoms with Crippen LogP contribution >= 0.6 is 0 Å². The van der Waals surface area contributed by atoms with Gasteiger partial charge in [-0.1, -0.05) is 32.8 Å². The molecule has 0 spiro atoms. The van der Waals surface area contributed by atoms with Gasteiger partial charge in [0.15, 0.2) is 0 Å². The second-order valence-corrected chi connectivity index (χ2v) is 7.92. The van der Waals surface area contributed by atoms with Gasteiger partial charge in [0.1, 0.15) is 0 Å². The van der Waals surface area contributed by atoms with E-state index in [0.29, 0.717) is 22.1 Å². The minimum absolute atomic E-state index is 0.0750. The normalized spacial score (nSPS) is 13.6. The fourth-order valence-electron chi connectivity index (χ4n) is 2.47. The van der Waals surface area contributed by atoms with Crippen molar-refractivity contribution in [2.24, 2.45) is 5.92 Å². The predicted molar refractivity (Wildman–Crippen MR) is 88.8 cm³/mol. The topological polar surface area (TPSA) is 72.2 Å². The maximum Gasteiger partial charge on any atom is 0.241 e. The summed E-state index contributed by atoms with van der Waals surface area (Å²) in [6, 6.07) is 3.42. The first kappa shape index (κ1) is 18.0. The molecule has 1 atom stereocenters. The van der Waals surface area contributed by atoms with Crippen LogP contribution in [0, 0.1) is 19.8 Å². The number of nitrogens with one attached hydrogen (secondary N) is 1. The SMILES string of the molecule is Cc1ccc(N)c(C)c1S(=O)(=O)NC(C)CCCC(C)C. The van der Waals surface area contributed by atoms with Crippen molar-refractivity contribution in [3.63, 3.8) is 0 Å². The first-order valence-corrected chi connectivity index (χ1v) is 9.01. The summed E-state index contributed by atoms with van der Waals surface area (Å²) >= 11 is 0. The molecular weight excluding hydrogens is 284 g/mol. The zero-order valence-electron chi connectivity index (χ0n) is 13.7. The molecule has 1 rings (SSSR count). The summed E-state index contributed by atoms with van der Waals surface area (Å²) in [7, 11) is -3.52. The van der Waals surface area contributed by atoms with E-state index in [1.54, 1.807) is 26.0 Å². The Morgan fingerprint density at radius 3 is 2.33 bits per heavy atom. The molecule has 0 aromatic heterocycles. The molecule has 4 nitrogen and oxygen atoms in total. The number of nitrogens with two attached hydrogens (primary N) is 1. The van der Waals surface area contributed by atoms with Crippen LogP contribution in [0.2, 0.25) is 0 Å². The molecule has 0 fully saturated rings. The highest BCUT2D eigenvalue weighted by Crippen LogP contribution is 2.25. The molecule has 21 heavy (non-hydrogen) atoms. The van der Waals surface area contributed by atoms with Crippen molar-refractivity contribution >= 4 is 15.7 Å². The number of anilines is 1. The van der Waals surface area contributed by atoms with E-state index in [-0.39, 0.29) is 6.04 Å². The Morgan fingerprint density at radius 1 is 1.14 bits per heavy atom. The maximum atomic E-state index is 12.6. The van der Waals surface area contributed by atoms with Crippen LogP contribution in [0.3, 0.4) is 0 Å². The van der Waals surface area contributed by atoms with Crippen LogP contribution in [0.5, 0.6) is 0 Å². The average Bonchev–Trinajstić information content (AvgIpc) is 2.32. The van der Waals surface area contributed by atoms with Crippen LogP contribution in [0.4, 0.5) is 5.69 Å². The van der Waals surface area contributed by atoms with E-state index < -0.39 is 10.0 Å². The summed E-state index contributed by atoms with van der Waals surface area (Å²) in [4.78, 5) is 0.318. The van der Waals surface area contributed by atoms with Gasteiger partial charge in [0.2, 0.25) is 10.0 Å². The number of benzene rings is 1. The van der Waals surface area contributed by atoms with Gasteiger partial charge < -0.3 is 5.73 Å². The third-order valence-corrected chi connectivity index (χ3v) is 5.57. The summed E-state index contributed by atoms with van der Waals surface area (Å²) in [5, 5.41) is 0. The second kappa shape index (κ2) is 7.27. The molecule has 1 aromatic carbocycles. The van der Waals surface area contributed by atoms with Gasteiger partial charge in [-0.25, -0.2) is 13.1 Å². The highest BCUT2D eigenvalue weighted by Gasteiger charge is 2.22. The number of aryl methyl sites for hydroxylation is 1. The van der Waals surface area contributed by atoms with Crippen molar-refractivity contribution in [1.29, 1.82) is 0 Å². The van der Waals surface area contributed by atoms with E-state index in [0.717, 1.165) is 24.8 Å². The van der Waals surface area contributed by atoms with E-state index >= 15 is 0 Å². The Morgan fingerprint density at radius 2 is 1.76 bits per heavy atom. The third-order valence-electron chi connectivity index (χ3n) is 3.69. The Hall–Kier alpha value is -1.07. The van der Waals surface area contributed by atoms with Crippen LogP contribution < -0.4 is 10.5 Å². The largest absolute Gasteiger partial charge is 0.398 e. The van der Waals surface area contributed by atoms with Gasteiger partial charge in [0, 0.05) is 11.7 Å². The lowest BCUT2D eigenvalue weighted by molar-refractivity contribution is 0.488. The summed E-state index contributed by atoms with van der Waals surface area (Å²) in [5.74, 6) is 0.646. The molecule has 5 heteroatoms. The highest BCUT2D eigenvalue weighted by atomic mass is 32.2. The van der Waals surface area contributed by atoms with Crippen LogP contribution in [0.1, 0.15) is 51.2 Å². The quantitative estimate of drug-likeness (QED) is 0.758. The minimum atomic E-state index is -3.52. The summed E-state index contributed by atoms with van der Waals surface area (Å²) < 4.78 is 27.9. The molecular formula is C16H28N2O2S. The first-order valence-electron chi connectivity index (χ1n) is 7.53. The number of nitrogen functional groups attached to an aromatic ring is 1. The molecule has 1 unspecified atom stereocenters. The molecule has 0 aliphatic carbocycles. The van der Waals surface area contributed by atoms with E-state index in [1.165, 1.54) is 0 Å². The van der Waals surface area contributed by atoms with Crippen LogP contribution in [0.15, 0.2) is 17.0 Å². The van der Waals surface area contributed by atoms with E-state index in [4.69, 9.17) is 5.73 Å². The maximum absolute atomic E-state index is 12.6. The van der Waals surface area contributed by atoms with Gasteiger partial charge in [0.05, 0.1) is 4.90 Å². The van der Waals surface area contributed by atoms with Gasteiger partial charge in [-0.05, 0) is 50.3 Å². The average molecular weight is 312 g/mol. The molecule has 3 N–H and O–H groups in total. The lowest BCUT2D eigenvalue weighted by Gasteiger charge is -2.18. The van der Waals surface area contributed by atoms with Crippen molar-refractivity contribution < 1.29 is 8.42 Å². The molecule has 0 radical (unpaired) electrons. The van der Waals surface area contributed by atoms with E-state index in [2.05, 4.69) is 18.6 Å². The Labute approximate surface area is 129 Å². The molecule has 0 saturated heterocycles. The lowest BCUT2D eigenvalue weighted by atomic mass is 10.0. The van der Waals surface area contributed by atoms with Gasteiger partial charge >= 0.3 is 0 Å². The van der Waals surface area contributed by atoms with Crippen LogP contribution in [-0.4, -0.2) is 14.5 Å². The summed E-state index contributed by atoms with van der Waals surface area (Å²) in [6.45, 7) is 9.81. The van der Waals surface area contributed by atoms with E-state index in [1.807, 2.05) is 6.92 Å². The Balaban J connectivity index is 2.85. The first-order chi connectivity index (χ1) is 9.65. The fourth-order valence-corrected chi connectivity index (χ4v) is 4.25. The Kier molecular flexibility index (Phi) is 6.23. The zero-order chi connectivity index (χ0) is 16.2. The standard InChI is InChI=1S/C16H28N2O2S/c1-11(2)7-6-8-13(4)18-21(19,20)16-12(3)9-10-15(17)14(16)5/h9-11,13,18H,6-8,17H2,1-5H3. The van der Waals surface area contributed by atoms with Crippen molar-refractivity contribution in [2.45, 2.75) is 64.8 Å². The summed E-state index contributed by atoms with van der Waals surface area (Å²) in [5.41, 5.74) is 7.69. The summed E-state index contributed by atoms with van der Waals surface area (Å²) in [6.07, 6.45) is 2.98. The fraction of sp³-hybridized carbons (Fsp3) is 0.625.